The van der Waals surface area contributed by atoms with Crippen LogP contribution in [0.15, 0.2) is 29.3 Å². The van der Waals surface area contributed by atoms with Crippen LogP contribution in [-0.2, 0) is 4.74 Å². The fourth-order valence-corrected chi connectivity index (χ4v) is 2.36. The maximum atomic E-state index is 12.0. The first-order chi connectivity index (χ1) is 12.6. The van der Waals surface area contributed by atoms with Gasteiger partial charge in [-0.05, 0) is 49.9 Å². The Labute approximate surface area is 155 Å². The Morgan fingerprint density at radius 3 is 2.69 bits per heavy atom. The summed E-state index contributed by atoms with van der Waals surface area (Å²) in [6.07, 6.45) is 2.60. The molecule has 0 aliphatic heterocycles. The number of amides is 1. The molecule has 1 fully saturated rings. The van der Waals surface area contributed by atoms with Crippen LogP contribution in [0, 0.1) is 5.92 Å². The van der Waals surface area contributed by atoms with Crippen molar-refractivity contribution in [2.75, 3.05) is 46.4 Å². The number of carbonyl (C=O) groups excluding carboxylic acids is 1. The van der Waals surface area contributed by atoms with Crippen LogP contribution in [0.1, 0.15) is 30.1 Å². The van der Waals surface area contributed by atoms with Gasteiger partial charge in [0.1, 0.15) is 5.75 Å². The molecule has 0 atom stereocenters. The van der Waals surface area contributed by atoms with E-state index in [0.29, 0.717) is 25.3 Å². The van der Waals surface area contributed by atoms with Crippen molar-refractivity contribution in [3.8, 4) is 5.75 Å². The molecule has 1 aliphatic rings. The van der Waals surface area contributed by atoms with Crippen molar-refractivity contribution in [2.24, 2.45) is 10.9 Å². The van der Waals surface area contributed by atoms with E-state index in [9.17, 15) is 9.90 Å². The molecule has 0 bridgehead atoms. The van der Waals surface area contributed by atoms with Crippen LogP contribution in [0.5, 0.6) is 5.75 Å². The third kappa shape index (κ3) is 7.31. The van der Waals surface area contributed by atoms with E-state index in [2.05, 4.69) is 15.6 Å². The number of guanidine groups is 1. The average Bonchev–Trinajstić information content (AvgIpc) is 3.46. The van der Waals surface area contributed by atoms with E-state index >= 15 is 0 Å². The number of nitrogens with one attached hydrogen (secondary N) is 2. The lowest BCUT2D eigenvalue weighted by atomic mass is 10.2. The molecular weight excluding hydrogens is 332 g/mol. The lowest BCUT2D eigenvalue weighted by Gasteiger charge is -2.22. The first-order valence-corrected chi connectivity index (χ1v) is 9.24. The molecule has 7 heteroatoms. The highest BCUT2D eigenvalue weighted by atomic mass is 16.5. The highest BCUT2D eigenvalue weighted by Crippen LogP contribution is 2.28. The van der Waals surface area contributed by atoms with Gasteiger partial charge in [0, 0.05) is 38.9 Å². The van der Waals surface area contributed by atoms with Gasteiger partial charge < -0.3 is 25.4 Å². The molecule has 0 spiro atoms. The van der Waals surface area contributed by atoms with Gasteiger partial charge in [-0.25, -0.2) is 0 Å². The molecule has 3 N–H and O–H groups in total. The van der Waals surface area contributed by atoms with E-state index in [1.54, 1.807) is 12.1 Å². The number of benzene rings is 1. The second-order valence-electron chi connectivity index (χ2n) is 6.48. The molecule has 144 valence electrons. The van der Waals surface area contributed by atoms with Gasteiger partial charge in [-0.1, -0.05) is 0 Å². The third-order valence-corrected chi connectivity index (χ3v) is 4.11. The summed E-state index contributed by atoms with van der Waals surface area (Å²) in [5, 5.41) is 15.3. The molecule has 0 radical (unpaired) electrons. The number of phenols is 1. The third-order valence-electron chi connectivity index (χ3n) is 4.11. The number of ether oxygens (including phenoxy) is 1. The molecule has 0 saturated heterocycles. The van der Waals surface area contributed by atoms with Gasteiger partial charge in [-0.2, -0.15) is 0 Å². The van der Waals surface area contributed by atoms with Crippen molar-refractivity contribution < 1.29 is 14.6 Å². The molecule has 1 aromatic carbocycles. The monoisotopic (exact) mass is 362 g/mol. The lowest BCUT2D eigenvalue weighted by molar-refractivity contribution is 0.0955. The zero-order chi connectivity index (χ0) is 18.8. The summed E-state index contributed by atoms with van der Waals surface area (Å²) in [4.78, 5) is 18.6. The highest BCUT2D eigenvalue weighted by Gasteiger charge is 2.21. The number of likely N-dealkylation sites (N-methyl/N-ethyl adjacent to an activating group) is 1. The van der Waals surface area contributed by atoms with Gasteiger partial charge in [0.05, 0.1) is 13.2 Å². The molecular formula is C19H30N4O3. The second-order valence-corrected chi connectivity index (χ2v) is 6.48. The van der Waals surface area contributed by atoms with Crippen LogP contribution in [0.4, 0.5) is 0 Å². The normalized spacial score (nSPS) is 14.2. The summed E-state index contributed by atoms with van der Waals surface area (Å²) in [5.74, 6) is 1.55. The van der Waals surface area contributed by atoms with Crippen molar-refractivity contribution in [3.05, 3.63) is 29.8 Å². The quantitative estimate of drug-likeness (QED) is 0.333. The van der Waals surface area contributed by atoms with E-state index in [-0.39, 0.29) is 11.7 Å². The van der Waals surface area contributed by atoms with E-state index < -0.39 is 0 Å². The van der Waals surface area contributed by atoms with Crippen molar-refractivity contribution >= 4 is 11.9 Å². The molecule has 0 heterocycles. The van der Waals surface area contributed by atoms with E-state index in [1.807, 2.05) is 18.9 Å². The molecule has 1 amide bonds. The lowest BCUT2D eigenvalue weighted by Crippen LogP contribution is -2.41. The standard InChI is InChI=1S/C19H30N4O3/c1-3-20-19(23(2)12-13-26-14-15-4-5-15)22-11-10-21-18(25)16-6-8-17(24)9-7-16/h6-9,15,24H,3-5,10-14H2,1-2H3,(H,20,22)(H,21,25). The fourth-order valence-electron chi connectivity index (χ4n) is 2.36. The predicted octanol–water partition coefficient (Wildman–Crippen LogP) is 1.45. The minimum Gasteiger partial charge on any atom is -0.508 e. The van der Waals surface area contributed by atoms with Gasteiger partial charge in [0.2, 0.25) is 0 Å². The summed E-state index contributed by atoms with van der Waals surface area (Å²) in [6.45, 7) is 6.07. The molecule has 26 heavy (non-hydrogen) atoms. The van der Waals surface area contributed by atoms with Gasteiger partial charge >= 0.3 is 0 Å². The Kier molecular flexibility index (Phi) is 8.21. The Balaban J connectivity index is 1.70. The largest absolute Gasteiger partial charge is 0.508 e. The van der Waals surface area contributed by atoms with Crippen molar-refractivity contribution in [2.45, 2.75) is 19.8 Å². The number of phenolic OH excluding ortho intramolecular Hbond substituents is 1. The predicted molar refractivity (Wildman–Crippen MR) is 103 cm³/mol. The number of aromatic hydroxyl groups is 1. The van der Waals surface area contributed by atoms with Crippen LogP contribution >= 0.6 is 0 Å². The molecule has 0 aromatic heterocycles. The molecule has 1 saturated carbocycles. The Hall–Kier alpha value is -2.28. The van der Waals surface area contributed by atoms with Crippen LogP contribution in [0.3, 0.4) is 0 Å². The average molecular weight is 362 g/mol. The fraction of sp³-hybridized carbons (Fsp3) is 0.579. The summed E-state index contributed by atoms with van der Waals surface area (Å²) < 4.78 is 5.67. The highest BCUT2D eigenvalue weighted by molar-refractivity contribution is 5.94. The Bertz CT molecular complexity index is 585. The van der Waals surface area contributed by atoms with Crippen LogP contribution in [-0.4, -0.2) is 68.3 Å². The maximum Gasteiger partial charge on any atom is 0.251 e. The van der Waals surface area contributed by atoms with Crippen molar-refractivity contribution in [1.82, 2.24) is 15.5 Å². The number of hydrogen-bond acceptors (Lipinski definition) is 4. The molecule has 7 nitrogen and oxygen atoms in total. The number of nitrogens with zero attached hydrogens (tertiary/aromatic N) is 2. The van der Waals surface area contributed by atoms with Crippen LogP contribution < -0.4 is 10.6 Å². The van der Waals surface area contributed by atoms with Crippen LogP contribution in [0.25, 0.3) is 0 Å². The number of carbonyl (C=O) groups is 1. The summed E-state index contributed by atoms with van der Waals surface area (Å²) >= 11 is 0. The number of rotatable bonds is 10. The summed E-state index contributed by atoms with van der Waals surface area (Å²) in [5.41, 5.74) is 0.517. The second kappa shape index (κ2) is 10.7. The Morgan fingerprint density at radius 2 is 2.04 bits per heavy atom. The van der Waals surface area contributed by atoms with Gasteiger partial charge in [0.25, 0.3) is 5.91 Å². The maximum absolute atomic E-state index is 12.0. The summed E-state index contributed by atoms with van der Waals surface area (Å²) in [7, 11) is 1.98. The van der Waals surface area contributed by atoms with Gasteiger partial charge in [-0.15, -0.1) is 0 Å². The Morgan fingerprint density at radius 1 is 1.31 bits per heavy atom. The number of aliphatic imine (C=N–C) groups is 1. The van der Waals surface area contributed by atoms with Crippen molar-refractivity contribution in [3.63, 3.8) is 0 Å². The molecule has 1 aromatic rings. The summed E-state index contributed by atoms with van der Waals surface area (Å²) in [6, 6.07) is 6.17. The molecule has 1 aliphatic carbocycles. The smallest absolute Gasteiger partial charge is 0.251 e. The van der Waals surface area contributed by atoms with Crippen LogP contribution in [0.2, 0.25) is 0 Å². The SMILES string of the molecule is CCNC(=NCCNC(=O)c1ccc(O)cc1)N(C)CCOCC1CC1. The van der Waals surface area contributed by atoms with Gasteiger partial charge in [-0.3, -0.25) is 9.79 Å². The first-order valence-electron chi connectivity index (χ1n) is 9.24. The topological polar surface area (TPSA) is 86.2 Å². The minimum absolute atomic E-state index is 0.144. The molecule has 0 unspecified atom stereocenters. The number of hydrogen-bond donors (Lipinski definition) is 3. The zero-order valence-electron chi connectivity index (χ0n) is 15.7. The van der Waals surface area contributed by atoms with E-state index in [0.717, 1.165) is 31.6 Å². The molecule has 2 rings (SSSR count). The van der Waals surface area contributed by atoms with E-state index in [4.69, 9.17) is 4.74 Å². The van der Waals surface area contributed by atoms with Gasteiger partial charge in [0.15, 0.2) is 5.96 Å². The first kappa shape index (κ1) is 20.0. The zero-order valence-corrected chi connectivity index (χ0v) is 15.7. The van der Waals surface area contributed by atoms with E-state index in [1.165, 1.54) is 25.0 Å². The van der Waals surface area contributed by atoms with Crippen molar-refractivity contribution in [1.29, 1.82) is 0 Å². The minimum atomic E-state index is -0.174.